The number of sulfonamides is 1. The minimum Gasteiger partial charge on any atom is -0.478 e. The summed E-state index contributed by atoms with van der Waals surface area (Å²) in [6.07, 6.45) is 0.387. The minimum absolute atomic E-state index is 0.00521. The normalized spacial score (nSPS) is 16.0. The number of benzene rings is 2. The van der Waals surface area contributed by atoms with Gasteiger partial charge in [-0.05, 0) is 49.7 Å². The van der Waals surface area contributed by atoms with Crippen molar-refractivity contribution in [1.29, 1.82) is 0 Å². The maximum atomic E-state index is 13.0. The molecule has 0 saturated heterocycles. The molecular weight excluding hydrogens is 537 g/mol. The van der Waals surface area contributed by atoms with Gasteiger partial charge in [0.15, 0.2) is 0 Å². The lowest BCUT2D eigenvalue weighted by Crippen LogP contribution is -2.30. The van der Waals surface area contributed by atoms with Gasteiger partial charge in [0.1, 0.15) is 22.0 Å². The molecule has 0 spiro atoms. The molecule has 1 aliphatic rings. The van der Waals surface area contributed by atoms with Crippen LogP contribution in [0.25, 0.3) is 0 Å². The molecule has 0 amide bonds. The number of hydrogen-bond acceptors (Lipinski definition) is 6. The Labute approximate surface area is 217 Å². The van der Waals surface area contributed by atoms with Crippen molar-refractivity contribution in [2.24, 2.45) is 5.10 Å². The van der Waals surface area contributed by atoms with E-state index in [0.717, 1.165) is 5.56 Å². The topological polar surface area (TPSA) is 112 Å². The molecule has 1 aromatic heterocycles. The molecule has 2 N–H and O–H groups in total. The van der Waals surface area contributed by atoms with Gasteiger partial charge >= 0.3 is 5.97 Å². The second-order valence-electron chi connectivity index (χ2n) is 7.93. The maximum absolute atomic E-state index is 13.0. The number of aryl methyl sites for hydroxylation is 2. The highest BCUT2D eigenvalue weighted by Gasteiger charge is 2.34. The predicted octanol–water partition coefficient (Wildman–Crippen LogP) is 5.84. The zero-order chi connectivity index (χ0) is 25.5. The number of hydrazone groups is 1. The van der Waals surface area contributed by atoms with Crippen LogP contribution < -0.4 is 9.73 Å². The van der Waals surface area contributed by atoms with Crippen LogP contribution in [0.2, 0.25) is 15.1 Å². The van der Waals surface area contributed by atoms with Crippen LogP contribution in [0.3, 0.4) is 0 Å². The van der Waals surface area contributed by atoms with Crippen molar-refractivity contribution in [3.63, 3.8) is 0 Å². The average Bonchev–Trinajstić information content (AvgIpc) is 3.33. The van der Waals surface area contributed by atoms with E-state index in [2.05, 4.69) is 9.82 Å². The first-order chi connectivity index (χ1) is 16.5. The van der Waals surface area contributed by atoms with Gasteiger partial charge in [0.2, 0.25) is 10.0 Å². The fourth-order valence-electron chi connectivity index (χ4n) is 4.00. The minimum atomic E-state index is -4.20. The van der Waals surface area contributed by atoms with E-state index < -0.39 is 26.5 Å². The smallest absolute Gasteiger partial charge is 0.340 e. The molecule has 0 bridgehead atoms. The third-order valence-corrected chi connectivity index (χ3v) is 7.88. The van der Waals surface area contributed by atoms with Gasteiger partial charge in [0.25, 0.3) is 0 Å². The number of hydrogen-bond donors (Lipinski definition) is 2. The molecule has 3 aromatic rings. The van der Waals surface area contributed by atoms with Gasteiger partial charge in [0, 0.05) is 16.5 Å². The van der Waals surface area contributed by atoms with E-state index >= 15 is 0 Å². The first kappa shape index (κ1) is 25.5. The maximum Gasteiger partial charge on any atom is 0.340 e. The van der Waals surface area contributed by atoms with Gasteiger partial charge in [-0.2, -0.15) is 5.10 Å². The molecule has 0 fully saturated rings. The number of furan rings is 1. The second kappa shape index (κ2) is 9.83. The molecule has 1 aliphatic heterocycles. The standard InChI is InChI=1S/C23H20Cl3N3O5S/c1-12-21(23(30)31)22(13(2)34-12)35(32,33)27-11-17-10-20(14-3-5-15(24)6-4-14)29(28-17)19-8-7-16(25)9-18(19)26/h3-9,20,27H,10-11H2,1-2H3,(H,30,31). The Balaban J connectivity index is 1.65. The van der Waals surface area contributed by atoms with Crippen molar-refractivity contribution >= 4 is 62.2 Å². The lowest BCUT2D eigenvalue weighted by molar-refractivity contribution is 0.0691. The van der Waals surface area contributed by atoms with Crippen LogP contribution in [0, 0.1) is 13.8 Å². The first-order valence-electron chi connectivity index (χ1n) is 10.4. The zero-order valence-corrected chi connectivity index (χ0v) is 21.6. The largest absolute Gasteiger partial charge is 0.478 e. The summed E-state index contributed by atoms with van der Waals surface area (Å²) in [5.74, 6) is -1.38. The monoisotopic (exact) mass is 555 g/mol. The fraction of sp³-hybridized carbons (Fsp3) is 0.217. The summed E-state index contributed by atoms with van der Waals surface area (Å²) in [5.41, 5.74) is 1.63. The number of carboxylic acids is 1. The van der Waals surface area contributed by atoms with Crippen LogP contribution in [-0.2, 0) is 10.0 Å². The number of rotatable bonds is 7. The summed E-state index contributed by atoms with van der Waals surface area (Å²) >= 11 is 18.5. The molecule has 2 heterocycles. The number of carbonyl (C=O) groups is 1. The van der Waals surface area contributed by atoms with E-state index in [1.165, 1.54) is 13.8 Å². The third-order valence-electron chi connectivity index (χ3n) is 5.54. The second-order valence-corrected chi connectivity index (χ2v) is 10.9. The Morgan fingerprint density at radius 1 is 1.11 bits per heavy atom. The van der Waals surface area contributed by atoms with Gasteiger partial charge in [-0.3, -0.25) is 5.01 Å². The fourth-order valence-corrected chi connectivity index (χ4v) is 6.04. The van der Waals surface area contributed by atoms with E-state index in [4.69, 9.17) is 39.2 Å². The predicted molar refractivity (Wildman–Crippen MR) is 136 cm³/mol. The lowest BCUT2D eigenvalue weighted by atomic mass is 10.0. The van der Waals surface area contributed by atoms with Gasteiger partial charge in [0.05, 0.1) is 29.0 Å². The van der Waals surface area contributed by atoms with Crippen LogP contribution in [0.1, 0.15) is 39.9 Å². The average molecular weight is 557 g/mol. The van der Waals surface area contributed by atoms with E-state index in [-0.39, 0.29) is 24.1 Å². The van der Waals surface area contributed by atoms with E-state index in [1.54, 1.807) is 35.3 Å². The highest BCUT2D eigenvalue weighted by Crippen LogP contribution is 2.40. The number of halogens is 3. The molecule has 0 aliphatic carbocycles. The molecule has 12 heteroatoms. The summed E-state index contributed by atoms with van der Waals surface area (Å²) in [7, 11) is -4.20. The van der Waals surface area contributed by atoms with Crippen molar-refractivity contribution in [2.45, 2.75) is 31.2 Å². The Kier molecular flexibility index (Phi) is 7.17. The summed E-state index contributed by atoms with van der Waals surface area (Å²) in [6, 6.07) is 12.0. The van der Waals surface area contributed by atoms with Gasteiger partial charge in [-0.1, -0.05) is 46.9 Å². The molecule has 184 valence electrons. The molecule has 1 atom stereocenters. The molecule has 8 nitrogen and oxygen atoms in total. The number of aromatic carboxylic acids is 1. The summed E-state index contributed by atoms with van der Waals surface area (Å²) in [4.78, 5) is 11.2. The number of anilines is 1. The van der Waals surface area contributed by atoms with Gasteiger partial charge in [-0.15, -0.1) is 0 Å². The number of nitrogens with one attached hydrogen (secondary N) is 1. The molecule has 35 heavy (non-hydrogen) atoms. The summed E-state index contributed by atoms with van der Waals surface area (Å²) in [6.45, 7) is 2.67. The van der Waals surface area contributed by atoms with Gasteiger partial charge < -0.3 is 9.52 Å². The van der Waals surface area contributed by atoms with Crippen LogP contribution in [-0.4, -0.2) is 31.8 Å². The van der Waals surface area contributed by atoms with Crippen LogP contribution in [0.4, 0.5) is 5.69 Å². The van der Waals surface area contributed by atoms with E-state index in [9.17, 15) is 18.3 Å². The van der Waals surface area contributed by atoms with E-state index in [0.29, 0.717) is 32.9 Å². The van der Waals surface area contributed by atoms with Crippen molar-refractivity contribution in [1.82, 2.24) is 4.72 Å². The Bertz CT molecular complexity index is 1440. The lowest BCUT2D eigenvalue weighted by Gasteiger charge is -2.25. The Morgan fingerprint density at radius 2 is 1.77 bits per heavy atom. The molecule has 4 rings (SSSR count). The van der Waals surface area contributed by atoms with Crippen LogP contribution in [0.5, 0.6) is 0 Å². The molecule has 1 unspecified atom stereocenters. The van der Waals surface area contributed by atoms with Crippen molar-refractivity contribution in [3.05, 3.63) is 80.2 Å². The van der Waals surface area contributed by atoms with Crippen molar-refractivity contribution in [2.75, 3.05) is 11.6 Å². The number of carboxylic acid groups (broad SMARTS) is 1. The Hall–Kier alpha value is -2.56. The van der Waals surface area contributed by atoms with Crippen LogP contribution in [0.15, 0.2) is 56.9 Å². The van der Waals surface area contributed by atoms with Crippen molar-refractivity contribution in [3.8, 4) is 0 Å². The number of nitrogens with zero attached hydrogens (tertiary/aromatic N) is 2. The molecular formula is C23H20Cl3N3O5S. The molecule has 0 saturated carbocycles. The SMILES string of the molecule is Cc1oc(C)c(S(=O)(=O)NCC2=NN(c3ccc(Cl)cc3Cl)C(c3ccc(Cl)cc3)C2)c1C(=O)O. The van der Waals surface area contributed by atoms with Crippen molar-refractivity contribution < 1.29 is 22.7 Å². The van der Waals surface area contributed by atoms with Gasteiger partial charge in [-0.25, -0.2) is 17.9 Å². The third kappa shape index (κ3) is 5.19. The summed E-state index contributed by atoms with van der Waals surface area (Å²) < 4.78 is 33.8. The molecule has 0 radical (unpaired) electrons. The van der Waals surface area contributed by atoms with E-state index in [1.807, 2.05) is 12.1 Å². The highest BCUT2D eigenvalue weighted by atomic mass is 35.5. The quantitative estimate of drug-likeness (QED) is 0.378. The van der Waals surface area contributed by atoms with Crippen LogP contribution >= 0.6 is 34.8 Å². The highest BCUT2D eigenvalue weighted by molar-refractivity contribution is 7.89. The summed E-state index contributed by atoms with van der Waals surface area (Å²) in [5, 5.41) is 17.3. The Morgan fingerprint density at radius 3 is 2.40 bits per heavy atom. The first-order valence-corrected chi connectivity index (χ1v) is 13.0. The molecule has 2 aromatic carbocycles. The zero-order valence-electron chi connectivity index (χ0n) is 18.5.